The van der Waals surface area contributed by atoms with E-state index in [-0.39, 0.29) is 11.3 Å². The van der Waals surface area contributed by atoms with Crippen LogP contribution in [0.5, 0.6) is 5.75 Å². The highest BCUT2D eigenvalue weighted by Gasteiger charge is 2.11. The van der Waals surface area contributed by atoms with Crippen LogP contribution in [0.3, 0.4) is 0 Å². The van der Waals surface area contributed by atoms with Crippen LogP contribution in [0.2, 0.25) is 0 Å². The Labute approximate surface area is 77.8 Å². The number of hydrogen-bond donors (Lipinski definition) is 2. The van der Waals surface area contributed by atoms with Gasteiger partial charge in [0.1, 0.15) is 18.5 Å². The lowest BCUT2D eigenvalue weighted by molar-refractivity contribution is 0.138. The van der Waals surface area contributed by atoms with Gasteiger partial charge in [0.15, 0.2) is 0 Å². The maximum atomic E-state index is 12.0. The van der Waals surface area contributed by atoms with Crippen LogP contribution < -0.4 is 0 Å². The van der Waals surface area contributed by atoms with Crippen molar-refractivity contribution in [3.05, 3.63) is 28.2 Å². The van der Waals surface area contributed by atoms with Gasteiger partial charge in [0.05, 0.1) is 0 Å². The molecular formula is C8H8BrFO2. The van der Waals surface area contributed by atoms with Crippen LogP contribution in [0.4, 0.5) is 4.39 Å². The van der Waals surface area contributed by atoms with E-state index in [1.54, 1.807) is 6.07 Å². The van der Waals surface area contributed by atoms with E-state index < -0.39 is 12.8 Å². The van der Waals surface area contributed by atoms with Crippen molar-refractivity contribution in [3.63, 3.8) is 0 Å². The molecule has 12 heavy (non-hydrogen) atoms. The van der Waals surface area contributed by atoms with Crippen molar-refractivity contribution in [2.75, 3.05) is 6.67 Å². The Morgan fingerprint density at radius 2 is 2.17 bits per heavy atom. The largest absolute Gasteiger partial charge is 0.508 e. The molecule has 0 fully saturated rings. The molecule has 1 aromatic rings. The number of benzene rings is 1. The Hall–Kier alpha value is -0.610. The fourth-order valence-electron chi connectivity index (χ4n) is 0.882. The number of halogens is 2. The average molecular weight is 235 g/mol. The summed E-state index contributed by atoms with van der Waals surface area (Å²) in [5, 5.41) is 18.3. The predicted molar refractivity (Wildman–Crippen MR) is 46.7 cm³/mol. The molecule has 2 N–H and O–H groups in total. The van der Waals surface area contributed by atoms with Gasteiger partial charge in [0.25, 0.3) is 0 Å². The highest BCUT2D eigenvalue weighted by atomic mass is 79.9. The van der Waals surface area contributed by atoms with Crippen LogP contribution >= 0.6 is 15.9 Å². The molecule has 1 aromatic carbocycles. The standard InChI is InChI=1S/C8H8BrFO2/c9-5-1-2-6(7(11)3-5)8(12)4-10/h1-3,8,11-12H,4H2. The van der Waals surface area contributed by atoms with Crippen LogP contribution in [0.25, 0.3) is 0 Å². The molecule has 0 heterocycles. The molecule has 0 aliphatic carbocycles. The third-order valence-electron chi connectivity index (χ3n) is 1.50. The molecule has 0 aliphatic heterocycles. The van der Waals surface area contributed by atoms with Crippen molar-refractivity contribution in [2.45, 2.75) is 6.10 Å². The van der Waals surface area contributed by atoms with Crippen LogP contribution in [0.15, 0.2) is 22.7 Å². The first-order valence-electron chi connectivity index (χ1n) is 3.37. The summed E-state index contributed by atoms with van der Waals surface area (Å²) in [6.07, 6.45) is -1.24. The number of alkyl halides is 1. The minimum absolute atomic E-state index is 0.102. The molecule has 0 aromatic heterocycles. The smallest absolute Gasteiger partial charge is 0.122 e. The second-order valence-electron chi connectivity index (χ2n) is 2.37. The Morgan fingerprint density at radius 1 is 1.50 bits per heavy atom. The minimum Gasteiger partial charge on any atom is -0.508 e. The van der Waals surface area contributed by atoms with Gasteiger partial charge in [-0.1, -0.05) is 22.0 Å². The SMILES string of the molecule is Oc1cc(Br)ccc1C(O)CF. The zero-order valence-corrected chi connectivity index (χ0v) is 7.75. The Morgan fingerprint density at radius 3 is 2.67 bits per heavy atom. The fourth-order valence-corrected chi connectivity index (χ4v) is 1.23. The number of phenolic OH excluding ortho intramolecular Hbond substituents is 1. The van der Waals surface area contributed by atoms with Crippen molar-refractivity contribution < 1.29 is 14.6 Å². The van der Waals surface area contributed by atoms with Gasteiger partial charge < -0.3 is 10.2 Å². The van der Waals surface area contributed by atoms with Crippen LogP contribution in [0.1, 0.15) is 11.7 Å². The first-order valence-corrected chi connectivity index (χ1v) is 4.17. The van der Waals surface area contributed by atoms with Crippen molar-refractivity contribution in [1.82, 2.24) is 0 Å². The maximum absolute atomic E-state index is 12.0. The number of phenols is 1. The molecule has 1 atom stereocenters. The number of aliphatic hydroxyl groups excluding tert-OH is 1. The summed E-state index contributed by atoms with van der Waals surface area (Å²) in [5.74, 6) is -0.102. The predicted octanol–water partition coefficient (Wildman–Crippen LogP) is 2.16. The summed E-state index contributed by atoms with van der Waals surface area (Å²) >= 11 is 3.13. The third kappa shape index (κ3) is 1.95. The van der Waals surface area contributed by atoms with E-state index in [9.17, 15) is 9.50 Å². The zero-order valence-electron chi connectivity index (χ0n) is 6.17. The second-order valence-corrected chi connectivity index (χ2v) is 3.29. The zero-order chi connectivity index (χ0) is 9.14. The molecule has 1 rings (SSSR count). The van der Waals surface area contributed by atoms with Gasteiger partial charge in [0.2, 0.25) is 0 Å². The van der Waals surface area contributed by atoms with E-state index in [1.165, 1.54) is 12.1 Å². The van der Waals surface area contributed by atoms with E-state index in [2.05, 4.69) is 15.9 Å². The maximum Gasteiger partial charge on any atom is 0.122 e. The average Bonchev–Trinajstić information content (AvgIpc) is 2.03. The van der Waals surface area contributed by atoms with E-state index in [0.29, 0.717) is 4.47 Å². The molecule has 0 aliphatic rings. The molecule has 0 radical (unpaired) electrons. The molecule has 0 bridgehead atoms. The normalized spacial score (nSPS) is 12.9. The summed E-state index contributed by atoms with van der Waals surface area (Å²) in [6, 6.07) is 4.52. The Bertz CT molecular complexity index is 278. The number of hydrogen-bond acceptors (Lipinski definition) is 2. The lowest BCUT2D eigenvalue weighted by atomic mass is 10.1. The molecule has 2 nitrogen and oxygen atoms in total. The monoisotopic (exact) mass is 234 g/mol. The second kappa shape index (κ2) is 3.87. The molecule has 0 spiro atoms. The first kappa shape index (κ1) is 9.48. The molecule has 4 heteroatoms. The lowest BCUT2D eigenvalue weighted by Crippen LogP contribution is -1.99. The molecule has 66 valence electrons. The number of aliphatic hydroxyl groups is 1. The number of rotatable bonds is 2. The van der Waals surface area contributed by atoms with Gasteiger partial charge in [-0.05, 0) is 12.1 Å². The van der Waals surface area contributed by atoms with Gasteiger partial charge in [0, 0.05) is 10.0 Å². The highest BCUT2D eigenvalue weighted by molar-refractivity contribution is 9.10. The molecule has 1 unspecified atom stereocenters. The summed E-state index contributed by atoms with van der Waals surface area (Å²) in [6.45, 7) is -0.894. The summed E-state index contributed by atoms with van der Waals surface area (Å²) in [7, 11) is 0. The Balaban J connectivity index is 3.01. The number of aromatic hydroxyl groups is 1. The topological polar surface area (TPSA) is 40.5 Å². The van der Waals surface area contributed by atoms with E-state index in [1.807, 2.05) is 0 Å². The van der Waals surface area contributed by atoms with Crippen LogP contribution in [0, 0.1) is 0 Å². The lowest BCUT2D eigenvalue weighted by Gasteiger charge is -2.08. The van der Waals surface area contributed by atoms with Crippen molar-refractivity contribution in [1.29, 1.82) is 0 Å². The van der Waals surface area contributed by atoms with Gasteiger partial charge in [-0.3, -0.25) is 0 Å². The van der Waals surface area contributed by atoms with Gasteiger partial charge in [-0.25, -0.2) is 4.39 Å². The molecule has 0 saturated heterocycles. The Kier molecular flexibility index (Phi) is 3.05. The van der Waals surface area contributed by atoms with E-state index >= 15 is 0 Å². The quantitative estimate of drug-likeness (QED) is 0.824. The molecule has 0 saturated carbocycles. The first-order chi connectivity index (χ1) is 5.65. The van der Waals surface area contributed by atoms with Crippen molar-refractivity contribution in [3.8, 4) is 5.75 Å². The van der Waals surface area contributed by atoms with Crippen LogP contribution in [-0.4, -0.2) is 16.9 Å². The van der Waals surface area contributed by atoms with E-state index in [4.69, 9.17) is 5.11 Å². The highest BCUT2D eigenvalue weighted by Crippen LogP contribution is 2.27. The minimum atomic E-state index is -1.24. The van der Waals surface area contributed by atoms with Gasteiger partial charge in [-0.2, -0.15) is 0 Å². The van der Waals surface area contributed by atoms with Crippen molar-refractivity contribution in [2.24, 2.45) is 0 Å². The van der Waals surface area contributed by atoms with Crippen LogP contribution in [-0.2, 0) is 0 Å². The van der Waals surface area contributed by atoms with Gasteiger partial charge >= 0.3 is 0 Å². The summed E-state index contributed by atoms with van der Waals surface area (Å²) < 4.78 is 12.7. The van der Waals surface area contributed by atoms with E-state index in [0.717, 1.165) is 0 Å². The summed E-state index contributed by atoms with van der Waals surface area (Å²) in [5.41, 5.74) is 0.209. The molecule has 0 amide bonds. The van der Waals surface area contributed by atoms with Crippen molar-refractivity contribution >= 4 is 15.9 Å². The summed E-state index contributed by atoms with van der Waals surface area (Å²) in [4.78, 5) is 0. The van der Waals surface area contributed by atoms with Gasteiger partial charge in [-0.15, -0.1) is 0 Å². The third-order valence-corrected chi connectivity index (χ3v) is 1.99. The molecular weight excluding hydrogens is 227 g/mol. The fraction of sp³-hybridized carbons (Fsp3) is 0.250.